The van der Waals surface area contributed by atoms with E-state index < -0.39 is 17.5 Å². The highest BCUT2D eigenvalue weighted by molar-refractivity contribution is 5.97. The van der Waals surface area contributed by atoms with E-state index >= 15 is 0 Å². The summed E-state index contributed by atoms with van der Waals surface area (Å²) in [7, 11) is 0. The summed E-state index contributed by atoms with van der Waals surface area (Å²) in [6.07, 6.45) is 5.96. The summed E-state index contributed by atoms with van der Waals surface area (Å²) in [4.78, 5) is 25.5. The molecule has 4 aromatic rings. The molecule has 0 spiro atoms. The van der Waals surface area contributed by atoms with Crippen molar-refractivity contribution in [1.29, 1.82) is 0 Å². The van der Waals surface area contributed by atoms with Crippen LogP contribution in [0.2, 0.25) is 0 Å². The minimum absolute atomic E-state index is 0.0615. The molecular weight excluding hydrogens is 466 g/mol. The zero-order chi connectivity index (χ0) is 25.8. The molecule has 1 atom stereocenters. The van der Waals surface area contributed by atoms with Gasteiger partial charge in [0.1, 0.15) is 11.5 Å². The van der Waals surface area contributed by atoms with E-state index in [9.17, 15) is 14.7 Å². The van der Waals surface area contributed by atoms with E-state index in [-0.39, 0.29) is 17.2 Å². The number of fused-ring (bicyclic) bond motifs is 1. The number of carboxylic acid groups (broad SMARTS) is 1. The monoisotopic (exact) mass is 495 g/mol. The number of amides is 1. The Morgan fingerprint density at radius 1 is 0.838 bits per heavy atom. The fourth-order valence-corrected chi connectivity index (χ4v) is 5.18. The van der Waals surface area contributed by atoms with Crippen LogP contribution in [0.4, 0.5) is 0 Å². The van der Waals surface area contributed by atoms with Crippen molar-refractivity contribution in [2.75, 3.05) is 0 Å². The third-order valence-corrected chi connectivity index (χ3v) is 6.99. The lowest BCUT2D eigenvalue weighted by Gasteiger charge is -2.34. The normalized spacial score (nSPS) is 15.6. The molecule has 1 aliphatic rings. The predicted molar refractivity (Wildman–Crippen MR) is 142 cm³/mol. The molecular formula is C31H29NO5. The summed E-state index contributed by atoms with van der Waals surface area (Å²) < 4.78 is 12.8. The maximum Gasteiger partial charge on any atom is 0.336 e. The van der Waals surface area contributed by atoms with Crippen molar-refractivity contribution in [2.24, 2.45) is 5.73 Å². The Morgan fingerprint density at radius 2 is 1.57 bits per heavy atom. The molecule has 0 bridgehead atoms. The van der Waals surface area contributed by atoms with E-state index in [1.54, 1.807) is 48.5 Å². The van der Waals surface area contributed by atoms with Crippen LogP contribution in [-0.2, 0) is 10.4 Å². The summed E-state index contributed by atoms with van der Waals surface area (Å²) in [5.74, 6) is -0.800. The zero-order valence-corrected chi connectivity index (χ0v) is 20.4. The number of hydrogen-bond acceptors (Lipinski definition) is 4. The Kier molecular flexibility index (Phi) is 6.82. The van der Waals surface area contributed by atoms with E-state index in [1.165, 1.54) is 25.3 Å². The van der Waals surface area contributed by atoms with Crippen molar-refractivity contribution in [3.8, 4) is 11.5 Å². The van der Waals surface area contributed by atoms with Gasteiger partial charge in [0.2, 0.25) is 5.60 Å². The van der Waals surface area contributed by atoms with Crippen molar-refractivity contribution in [2.45, 2.75) is 43.8 Å². The van der Waals surface area contributed by atoms with Crippen LogP contribution in [0.5, 0.6) is 11.5 Å². The highest BCUT2D eigenvalue weighted by Crippen LogP contribution is 2.40. The van der Waals surface area contributed by atoms with Gasteiger partial charge in [-0.3, -0.25) is 4.79 Å². The summed E-state index contributed by atoms with van der Waals surface area (Å²) in [6, 6.07) is 26.4. The number of benzene rings is 4. The highest BCUT2D eigenvalue weighted by Gasteiger charge is 2.46. The number of carboxylic acids is 1. The fourth-order valence-electron chi connectivity index (χ4n) is 5.18. The number of carbonyl (C=O) groups excluding carboxylic acids is 1. The predicted octanol–water partition coefficient (Wildman–Crippen LogP) is 6.06. The summed E-state index contributed by atoms with van der Waals surface area (Å²) in [6.45, 7) is 0. The topological polar surface area (TPSA) is 98.9 Å². The van der Waals surface area contributed by atoms with Crippen LogP contribution in [-0.4, -0.2) is 23.1 Å². The van der Waals surface area contributed by atoms with Crippen LogP contribution in [0.25, 0.3) is 10.8 Å². The Balaban J connectivity index is 1.62. The molecule has 1 aliphatic carbocycles. The second-order valence-electron chi connectivity index (χ2n) is 9.38. The van der Waals surface area contributed by atoms with E-state index in [1.807, 2.05) is 36.4 Å². The third-order valence-electron chi connectivity index (χ3n) is 6.99. The Hall–Kier alpha value is -4.32. The van der Waals surface area contributed by atoms with Gasteiger partial charge in [-0.15, -0.1) is 0 Å². The molecule has 37 heavy (non-hydrogen) atoms. The van der Waals surface area contributed by atoms with Gasteiger partial charge in [-0.25, -0.2) is 4.79 Å². The third kappa shape index (κ3) is 4.75. The number of ether oxygens (including phenoxy) is 2. The van der Waals surface area contributed by atoms with Crippen LogP contribution < -0.4 is 15.2 Å². The Morgan fingerprint density at radius 3 is 2.30 bits per heavy atom. The van der Waals surface area contributed by atoms with Gasteiger partial charge >= 0.3 is 5.97 Å². The van der Waals surface area contributed by atoms with Gasteiger partial charge in [0, 0.05) is 16.5 Å². The largest absolute Gasteiger partial charge is 0.490 e. The summed E-state index contributed by atoms with van der Waals surface area (Å²) in [5, 5.41) is 11.6. The molecule has 0 aromatic heterocycles. The van der Waals surface area contributed by atoms with Gasteiger partial charge in [-0.1, -0.05) is 67.1 Å². The van der Waals surface area contributed by atoms with Gasteiger partial charge in [-0.05, 0) is 61.4 Å². The van der Waals surface area contributed by atoms with Crippen LogP contribution in [0, 0.1) is 0 Å². The molecule has 1 fully saturated rings. The molecule has 5 rings (SSSR count). The molecule has 188 valence electrons. The molecule has 1 unspecified atom stereocenters. The molecule has 3 N–H and O–H groups in total. The Bertz CT molecular complexity index is 1430. The van der Waals surface area contributed by atoms with Crippen LogP contribution in [0.15, 0.2) is 91.0 Å². The van der Waals surface area contributed by atoms with Crippen LogP contribution >= 0.6 is 0 Å². The minimum Gasteiger partial charge on any atom is -0.490 e. The lowest BCUT2D eigenvalue weighted by molar-refractivity contribution is -0.130. The number of primary amides is 1. The standard InChI is InChI=1S/C31H29NO5/c32-30(35)31(22-11-3-1-4-12-22,27-16-8-7-15-26(27)29(33)34)37-28-17-9-10-21-20-24(18-19-25(21)28)36-23-13-5-2-6-14-23/h1,3-4,7-12,15-20,23H,2,5-6,13-14H2,(H2,32,35)(H,33,34). The van der Waals surface area contributed by atoms with E-state index in [4.69, 9.17) is 15.2 Å². The van der Waals surface area contributed by atoms with Crippen molar-refractivity contribution < 1.29 is 24.2 Å². The van der Waals surface area contributed by atoms with Gasteiger partial charge < -0.3 is 20.3 Å². The first-order chi connectivity index (χ1) is 18.0. The van der Waals surface area contributed by atoms with Crippen molar-refractivity contribution in [3.63, 3.8) is 0 Å². The first-order valence-electron chi connectivity index (χ1n) is 12.6. The first-order valence-corrected chi connectivity index (χ1v) is 12.6. The lowest BCUT2D eigenvalue weighted by Crippen LogP contribution is -2.48. The van der Waals surface area contributed by atoms with Gasteiger partial charge in [0.25, 0.3) is 5.91 Å². The first kappa shape index (κ1) is 24.4. The average Bonchev–Trinajstić information content (AvgIpc) is 2.92. The molecule has 1 amide bonds. The molecule has 0 aliphatic heterocycles. The number of aromatic carboxylic acids is 1. The molecule has 6 nitrogen and oxygen atoms in total. The van der Waals surface area contributed by atoms with Crippen LogP contribution in [0.3, 0.4) is 0 Å². The maximum absolute atomic E-state index is 13.3. The van der Waals surface area contributed by atoms with Gasteiger partial charge in [0.05, 0.1) is 11.7 Å². The number of carbonyl (C=O) groups is 2. The van der Waals surface area contributed by atoms with Crippen molar-refractivity contribution in [1.82, 2.24) is 0 Å². The number of hydrogen-bond donors (Lipinski definition) is 2. The molecule has 1 saturated carbocycles. The van der Waals surface area contributed by atoms with Crippen molar-refractivity contribution in [3.05, 3.63) is 108 Å². The fraction of sp³-hybridized carbons (Fsp3) is 0.226. The smallest absolute Gasteiger partial charge is 0.336 e. The molecule has 0 saturated heterocycles. The molecule has 6 heteroatoms. The average molecular weight is 496 g/mol. The summed E-state index contributed by atoms with van der Waals surface area (Å²) >= 11 is 0. The SMILES string of the molecule is NC(=O)C(Oc1cccc2cc(OC3CCCCC3)ccc12)(c1ccccc1)c1ccccc1C(=O)O. The van der Waals surface area contributed by atoms with Crippen molar-refractivity contribution >= 4 is 22.6 Å². The zero-order valence-electron chi connectivity index (χ0n) is 20.4. The molecule has 0 radical (unpaired) electrons. The molecule has 0 heterocycles. The van der Waals surface area contributed by atoms with E-state index in [0.717, 1.165) is 29.4 Å². The maximum atomic E-state index is 13.3. The van der Waals surface area contributed by atoms with Gasteiger partial charge in [-0.2, -0.15) is 0 Å². The number of nitrogens with two attached hydrogens (primary N) is 1. The lowest BCUT2D eigenvalue weighted by atomic mass is 9.82. The quantitative estimate of drug-likeness (QED) is 0.310. The van der Waals surface area contributed by atoms with E-state index in [0.29, 0.717) is 11.3 Å². The number of rotatable bonds is 8. The van der Waals surface area contributed by atoms with E-state index in [2.05, 4.69) is 0 Å². The second-order valence-corrected chi connectivity index (χ2v) is 9.38. The summed E-state index contributed by atoms with van der Waals surface area (Å²) in [5.41, 5.74) is 4.71. The highest BCUT2D eigenvalue weighted by atomic mass is 16.5. The second kappa shape index (κ2) is 10.3. The van der Waals surface area contributed by atoms with Crippen LogP contribution in [0.1, 0.15) is 53.6 Å². The minimum atomic E-state index is -1.87. The molecule has 4 aromatic carbocycles. The Labute approximate surface area is 215 Å². The van der Waals surface area contributed by atoms with Gasteiger partial charge in [0.15, 0.2) is 0 Å².